The highest BCUT2D eigenvalue weighted by Crippen LogP contribution is 2.22. The number of rotatable bonds is 4. The van der Waals surface area contributed by atoms with Gasteiger partial charge in [-0.25, -0.2) is 4.98 Å². The van der Waals surface area contributed by atoms with Gasteiger partial charge in [0.2, 0.25) is 5.28 Å². The van der Waals surface area contributed by atoms with E-state index in [9.17, 15) is 0 Å². The number of hydrogen-bond donors (Lipinski definition) is 0. The van der Waals surface area contributed by atoms with Crippen molar-refractivity contribution in [3.05, 3.63) is 17.2 Å². The lowest BCUT2D eigenvalue weighted by atomic mass is 10.0. The third kappa shape index (κ3) is 2.58. The average molecular weight is 242 g/mol. The summed E-state index contributed by atoms with van der Waals surface area (Å²) in [6.45, 7) is 5.70. The number of hydrogen-bond acceptors (Lipinski definition) is 2. The Balaban J connectivity index is 1.89. The van der Waals surface area contributed by atoms with Crippen molar-refractivity contribution in [2.24, 2.45) is 13.0 Å². The standard InChI is InChI=1S/C12H20ClN3/c1-3-4-10-5-6-16(8-10)9-11-7-14-12(13)15(11)2/h7,10H,3-6,8-9H2,1-2H3. The van der Waals surface area contributed by atoms with Gasteiger partial charge in [-0.1, -0.05) is 13.3 Å². The van der Waals surface area contributed by atoms with Crippen molar-refractivity contribution >= 4 is 11.6 Å². The van der Waals surface area contributed by atoms with Gasteiger partial charge in [0, 0.05) is 20.1 Å². The number of imidazole rings is 1. The quantitative estimate of drug-likeness (QED) is 0.808. The molecule has 0 bridgehead atoms. The fourth-order valence-electron chi connectivity index (χ4n) is 2.50. The van der Waals surface area contributed by atoms with Crippen LogP contribution < -0.4 is 0 Å². The molecule has 0 spiro atoms. The van der Waals surface area contributed by atoms with Crippen LogP contribution in [0, 0.1) is 5.92 Å². The summed E-state index contributed by atoms with van der Waals surface area (Å²) in [7, 11) is 1.98. The minimum atomic E-state index is 0.583. The van der Waals surface area contributed by atoms with Crippen LogP contribution in [0.15, 0.2) is 6.20 Å². The summed E-state index contributed by atoms with van der Waals surface area (Å²) >= 11 is 5.93. The highest BCUT2D eigenvalue weighted by atomic mass is 35.5. The molecule has 0 N–H and O–H groups in total. The molecular formula is C12H20ClN3. The van der Waals surface area contributed by atoms with Crippen molar-refractivity contribution < 1.29 is 0 Å². The Labute approximate surface area is 102 Å². The molecule has 0 saturated carbocycles. The lowest BCUT2D eigenvalue weighted by molar-refractivity contribution is 0.306. The predicted molar refractivity (Wildman–Crippen MR) is 66.5 cm³/mol. The molecule has 1 saturated heterocycles. The molecule has 0 amide bonds. The topological polar surface area (TPSA) is 21.1 Å². The molecule has 4 heteroatoms. The molecule has 1 atom stereocenters. The van der Waals surface area contributed by atoms with Gasteiger partial charge in [-0.05, 0) is 36.9 Å². The van der Waals surface area contributed by atoms with Crippen molar-refractivity contribution in [3.63, 3.8) is 0 Å². The van der Waals surface area contributed by atoms with Crippen LogP contribution in [0.4, 0.5) is 0 Å². The monoisotopic (exact) mass is 241 g/mol. The van der Waals surface area contributed by atoms with E-state index < -0.39 is 0 Å². The van der Waals surface area contributed by atoms with Crippen LogP contribution in [0.3, 0.4) is 0 Å². The Morgan fingerprint density at radius 3 is 3.00 bits per heavy atom. The first-order chi connectivity index (χ1) is 7.70. The molecule has 0 aliphatic carbocycles. The van der Waals surface area contributed by atoms with Gasteiger partial charge < -0.3 is 4.57 Å². The highest BCUT2D eigenvalue weighted by Gasteiger charge is 2.22. The second kappa shape index (κ2) is 5.19. The molecule has 1 aromatic heterocycles. The maximum atomic E-state index is 5.93. The van der Waals surface area contributed by atoms with E-state index in [0.717, 1.165) is 12.5 Å². The summed E-state index contributed by atoms with van der Waals surface area (Å²) in [6, 6.07) is 0. The Hall–Kier alpha value is -0.540. The molecule has 2 heterocycles. The van der Waals surface area contributed by atoms with Crippen LogP contribution in [0.2, 0.25) is 5.28 Å². The summed E-state index contributed by atoms with van der Waals surface area (Å²) < 4.78 is 1.97. The fraction of sp³-hybridized carbons (Fsp3) is 0.750. The molecule has 16 heavy (non-hydrogen) atoms. The molecule has 2 rings (SSSR count). The summed E-state index contributed by atoms with van der Waals surface area (Å²) in [4.78, 5) is 6.62. The zero-order chi connectivity index (χ0) is 11.5. The van der Waals surface area contributed by atoms with Gasteiger partial charge in [-0.2, -0.15) is 0 Å². The molecule has 3 nitrogen and oxygen atoms in total. The first-order valence-corrected chi connectivity index (χ1v) is 6.47. The summed E-state index contributed by atoms with van der Waals surface area (Å²) in [5.74, 6) is 0.897. The normalized spacial score (nSPS) is 21.8. The summed E-state index contributed by atoms with van der Waals surface area (Å²) in [5, 5.41) is 0.583. The summed E-state index contributed by atoms with van der Waals surface area (Å²) in [6.07, 6.45) is 5.90. The van der Waals surface area contributed by atoms with Crippen molar-refractivity contribution in [1.29, 1.82) is 0 Å². The van der Waals surface area contributed by atoms with Gasteiger partial charge in [0.1, 0.15) is 0 Å². The van der Waals surface area contributed by atoms with Crippen LogP contribution in [-0.2, 0) is 13.6 Å². The van der Waals surface area contributed by atoms with Gasteiger partial charge in [-0.3, -0.25) is 4.90 Å². The lowest BCUT2D eigenvalue weighted by Gasteiger charge is -2.15. The number of aromatic nitrogens is 2. The Morgan fingerprint density at radius 1 is 1.56 bits per heavy atom. The maximum absolute atomic E-state index is 5.93. The molecule has 1 aromatic rings. The van der Waals surface area contributed by atoms with Crippen LogP contribution in [-0.4, -0.2) is 27.5 Å². The van der Waals surface area contributed by atoms with E-state index >= 15 is 0 Å². The largest absolute Gasteiger partial charge is 0.321 e. The number of halogens is 1. The number of likely N-dealkylation sites (tertiary alicyclic amines) is 1. The maximum Gasteiger partial charge on any atom is 0.202 e. The Kier molecular flexibility index (Phi) is 3.87. The second-order valence-electron chi connectivity index (χ2n) is 4.76. The minimum Gasteiger partial charge on any atom is -0.321 e. The van der Waals surface area contributed by atoms with Gasteiger partial charge in [0.15, 0.2) is 0 Å². The predicted octanol–water partition coefficient (Wildman–Crippen LogP) is 2.70. The van der Waals surface area contributed by atoms with Crippen molar-refractivity contribution in [1.82, 2.24) is 14.5 Å². The fourth-order valence-corrected chi connectivity index (χ4v) is 2.65. The van der Waals surface area contributed by atoms with Crippen LogP contribution in [0.5, 0.6) is 0 Å². The Morgan fingerprint density at radius 2 is 2.38 bits per heavy atom. The Bertz CT molecular complexity index is 348. The van der Waals surface area contributed by atoms with Gasteiger partial charge in [0.05, 0.1) is 11.9 Å². The zero-order valence-corrected chi connectivity index (χ0v) is 10.9. The van der Waals surface area contributed by atoms with E-state index in [0.29, 0.717) is 5.28 Å². The number of nitrogens with zero attached hydrogens (tertiary/aromatic N) is 3. The first kappa shape index (κ1) is 11.9. The van der Waals surface area contributed by atoms with Gasteiger partial charge in [0.25, 0.3) is 0 Å². The van der Waals surface area contributed by atoms with E-state index in [1.165, 1.54) is 38.0 Å². The van der Waals surface area contributed by atoms with Gasteiger partial charge >= 0.3 is 0 Å². The third-order valence-corrected chi connectivity index (χ3v) is 3.83. The van der Waals surface area contributed by atoms with E-state index in [2.05, 4.69) is 16.8 Å². The van der Waals surface area contributed by atoms with Crippen molar-refractivity contribution in [2.75, 3.05) is 13.1 Å². The molecule has 1 aliphatic rings. The van der Waals surface area contributed by atoms with Gasteiger partial charge in [-0.15, -0.1) is 0 Å². The lowest BCUT2D eigenvalue weighted by Crippen LogP contribution is -2.21. The van der Waals surface area contributed by atoms with E-state index in [1.807, 2.05) is 17.8 Å². The highest BCUT2D eigenvalue weighted by molar-refractivity contribution is 6.28. The van der Waals surface area contributed by atoms with E-state index in [1.54, 1.807) is 0 Å². The third-order valence-electron chi connectivity index (χ3n) is 3.48. The molecule has 1 unspecified atom stereocenters. The first-order valence-electron chi connectivity index (χ1n) is 6.09. The molecule has 90 valence electrons. The molecule has 0 aromatic carbocycles. The SMILES string of the molecule is CCCC1CCN(Cc2cnc(Cl)n2C)C1. The molecule has 1 aliphatic heterocycles. The smallest absolute Gasteiger partial charge is 0.202 e. The second-order valence-corrected chi connectivity index (χ2v) is 5.09. The van der Waals surface area contributed by atoms with E-state index in [4.69, 9.17) is 11.6 Å². The van der Waals surface area contributed by atoms with Crippen LogP contribution in [0.25, 0.3) is 0 Å². The van der Waals surface area contributed by atoms with Crippen molar-refractivity contribution in [3.8, 4) is 0 Å². The molecule has 0 radical (unpaired) electrons. The van der Waals surface area contributed by atoms with E-state index in [-0.39, 0.29) is 0 Å². The van der Waals surface area contributed by atoms with Crippen LogP contribution >= 0.6 is 11.6 Å². The van der Waals surface area contributed by atoms with Crippen molar-refractivity contribution in [2.45, 2.75) is 32.7 Å². The summed E-state index contributed by atoms with van der Waals surface area (Å²) in [5.41, 5.74) is 1.21. The molecule has 1 fully saturated rings. The van der Waals surface area contributed by atoms with Crippen LogP contribution in [0.1, 0.15) is 31.9 Å². The average Bonchev–Trinajstić information content (AvgIpc) is 2.82. The zero-order valence-electron chi connectivity index (χ0n) is 10.1. The molecular weight excluding hydrogens is 222 g/mol. The minimum absolute atomic E-state index is 0.583.